The standard InChI is InChI=1S/C16H16BrClN2O2/c1-11-14(18)3-2-4-15(11)19-10-12-9-13(17)16(22-12)20-5-7-21-8-6-20/h2-4,9-10H,5-8H2,1H3. The Morgan fingerprint density at radius 3 is 2.86 bits per heavy atom. The largest absolute Gasteiger partial charge is 0.438 e. The van der Waals surface area contributed by atoms with Crippen molar-refractivity contribution in [3.8, 4) is 0 Å². The number of ether oxygens (including phenoxy) is 1. The summed E-state index contributed by atoms with van der Waals surface area (Å²) in [6, 6.07) is 7.60. The highest BCUT2D eigenvalue weighted by atomic mass is 79.9. The van der Waals surface area contributed by atoms with Gasteiger partial charge in [-0.15, -0.1) is 0 Å². The van der Waals surface area contributed by atoms with E-state index < -0.39 is 0 Å². The van der Waals surface area contributed by atoms with Crippen LogP contribution in [0, 0.1) is 6.92 Å². The van der Waals surface area contributed by atoms with Gasteiger partial charge in [-0.3, -0.25) is 4.99 Å². The summed E-state index contributed by atoms with van der Waals surface area (Å²) in [5.74, 6) is 1.53. The quantitative estimate of drug-likeness (QED) is 0.728. The molecule has 1 aromatic carbocycles. The third kappa shape index (κ3) is 3.37. The molecule has 4 nitrogen and oxygen atoms in total. The maximum atomic E-state index is 6.10. The molecule has 1 aromatic heterocycles. The van der Waals surface area contributed by atoms with Crippen LogP contribution < -0.4 is 4.90 Å². The molecule has 0 aliphatic carbocycles. The summed E-state index contributed by atoms with van der Waals surface area (Å²) in [5, 5.41) is 0.712. The van der Waals surface area contributed by atoms with Gasteiger partial charge in [-0.25, -0.2) is 0 Å². The molecule has 2 aromatic rings. The minimum atomic E-state index is 0.702. The highest BCUT2D eigenvalue weighted by molar-refractivity contribution is 9.10. The second-order valence-electron chi connectivity index (χ2n) is 5.04. The molecule has 0 bridgehead atoms. The van der Waals surface area contributed by atoms with E-state index in [1.54, 1.807) is 6.21 Å². The number of nitrogens with zero attached hydrogens (tertiary/aromatic N) is 2. The Bertz CT molecular complexity index is 693. The van der Waals surface area contributed by atoms with E-state index in [2.05, 4.69) is 25.8 Å². The van der Waals surface area contributed by atoms with Crippen molar-refractivity contribution in [2.75, 3.05) is 31.2 Å². The fourth-order valence-electron chi connectivity index (χ4n) is 2.29. The van der Waals surface area contributed by atoms with Crippen LogP contribution >= 0.6 is 27.5 Å². The Hall–Kier alpha value is -1.30. The lowest BCUT2D eigenvalue weighted by Crippen LogP contribution is -2.36. The van der Waals surface area contributed by atoms with Crippen molar-refractivity contribution >= 4 is 45.3 Å². The van der Waals surface area contributed by atoms with Crippen molar-refractivity contribution in [1.29, 1.82) is 0 Å². The van der Waals surface area contributed by atoms with Gasteiger partial charge in [0, 0.05) is 24.2 Å². The molecule has 1 saturated heterocycles. The lowest BCUT2D eigenvalue weighted by molar-refractivity contribution is 0.120. The summed E-state index contributed by atoms with van der Waals surface area (Å²) >= 11 is 9.65. The van der Waals surface area contributed by atoms with Gasteiger partial charge < -0.3 is 14.1 Å². The molecule has 1 fully saturated rings. The third-order valence-electron chi connectivity index (χ3n) is 3.56. The van der Waals surface area contributed by atoms with Crippen molar-refractivity contribution in [3.63, 3.8) is 0 Å². The molecular weight excluding hydrogens is 368 g/mol. The molecule has 1 aliphatic rings. The minimum Gasteiger partial charge on any atom is -0.438 e. The Morgan fingerprint density at radius 2 is 2.09 bits per heavy atom. The summed E-state index contributed by atoms with van der Waals surface area (Å²) in [5.41, 5.74) is 1.80. The summed E-state index contributed by atoms with van der Waals surface area (Å²) in [6.07, 6.45) is 1.72. The van der Waals surface area contributed by atoms with Gasteiger partial charge in [0.05, 0.1) is 29.6 Å². The average Bonchev–Trinajstić information content (AvgIpc) is 2.91. The van der Waals surface area contributed by atoms with Crippen LogP contribution in [0.15, 0.2) is 38.1 Å². The second kappa shape index (κ2) is 6.86. The van der Waals surface area contributed by atoms with E-state index in [1.807, 2.05) is 31.2 Å². The summed E-state index contributed by atoms with van der Waals surface area (Å²) in [7, 11) is 0. The maximum Gasteiger partial charge on any atom is 0.210 e. The highest BCUT2D eigenvalue weighted by Gasteiger charge is 2.18. The lowest BCUT2D eigenvalue weighted by atomic mass is 10.2. The smallest absolute Gasteiger partial charge is 0.210 e. The van der Waals surface area contributed by atoms with Gasteiger partial charge in [-0.1, -0.05) is 17.7 Å². The van der Waals surface area contributed by atoms with Crippen molar-refractivity contribution in [2.45, 2.75) is 6.92 Å². The Morgan fingerprint density at radius 1 is 1.32 bits per heavy atom. The number of rotatable bonds is 3. The Balaban J connectivity index is 1.81. The molecule has 0 radical (unpaired) electrons. The van der Waals surface area contributed by atoms with Crippen LogP contribution in [-0.2, 0) is 4.74 Å². The normalized spacial score (nSPS) is 15.7. The average molecular weight is 384 g/mol. The van der Waals surface area contributed by atoms with E-state index in [4.69, 9.17) is 20.8 Å². The van der Waals surface area contributed by atoms with E-state index in [1.165, 1.54) is 0 Å². The molecule has 116 valence electrons. The number of hydrogen-bond acceptors (Lipinski definition) is 4. The molecule has 0 spiro atoms. The van der Waals surface area contributed by atoms with Gasteiger partial charge in [-0.05, 0) is 40.5 Å². The van der Waals surface area contributed by atoms with Gasteiger partial charge in [0.25, 0.3) is 0 Å². The van der Waals surface area contributed by atoms with Crippen molar-refractivity contribution < 1.29 is 9.15 Å². The number of furan rings is 1. The fraction of sp³-hybridized carbons (Fsp3) is 0.312. The number of halogens is 2. The molecule has 0 amide bonds. The van der Waals surface area contributed by atoms with E-state index >= 15 is 0 Å². The number of anilines is 1. The maximum absolute atomic E-state index is 6.10. The topological polar surface area (TPSA) is 38.0 Å². The van der Waals surface area contributed by atoms with Crippen LogP contribution in [-0.4, -0.2) is 32.5 Å². The Labute approximate surface area is 142 Å². The van der Waals surface area contributed by atoms with Crippen LogP contribution in [0.2, 0.25) is 5.02 Å². The number of hydrogen-bond donors (Lipinski definition) is 0. The SMILES string of the molecule is Cc1c(Cl)cccc1N=Cc1cc(Br)c(N2CCOCC2)o1. The van der Waals surface area contributed by atoms with Crippen LogP contribution in [0.1, 0.15) is 11.3 Å². The van der Waals surface area contributed by atoms with E-state index in [-0.39, 0.29) is 0 Å². The molecule has 0 atom stereocenters. The van der Waals surface area contributed by atoms with Crippen LogP contribution in [0.5, 0.6) is 0 Å². The van der Waals surface area contributed by atoms with Crippen molar-refractivity contribution in [3.05, 3.63) is 45.1 Å². The van der Waals surface area contributed by atoms with Crippen molar-refractivity contribution in [2.24, 2.45) is 4.99 Å². The number of aliphatic imine (C=N–C) groups is 1. The van der Waals surface area contributed by atoms with Crippen LogP contribution in [0.25, 0.3) is 0 Å². The molecule has 6 heteroatoms. The predicted molar refractivity (Wildman–Crippen MR) is 92.9 cm³/mol. The van der Waals surface area contributed by atoms with Gasteiger partial charge in [-0.2, -0.15) is 0 Å². The molecular formula is C16H16BrClN2O2. The highest BCUT2D eigenvalue weighted by Crippen LogP contribution is 2.31. The molecule has 0 unspecified atom stereocenters. The van der Waals surface area contributed by atoms with E-state index in [0.29, 0.717) is 10.8 Å². The summed E-state index contributed by atoms with van der Waals surface area (Å²) in [6.45, 7) is 5.05. The van der Waals surface area contributed by atoms with Gasteiger partial charge in [0.1, 0.15) is 5.76 Å². The van der Waals surface area contributed by atoms with Gasteiger partial charge in [0.15, 0.2) is 0 Å². The van der Waals surface area contributed by atoms with Gasteiger partial charge >= 0.3 is 0 Å². The Kier molecular flexibility index (Phi) is 4.86. The molecule has 1 aliphatic heterocycles. The molecule has 22 heavy (non-hydrogen) atoms. The predicted octanol–water partition coefficient (Wildman–Crippen LogP) is 4.59. The minimum absolute atomic E-state index is 0.702. The first kappa shape index (κ1) is 15.6. The first-order chi connectivity index (χ1) is 10.6. The molecule has 0 saturated carbocycles. The fourth-order valence-corrected chi connectivity index (χ4v) is 3.02. The van der Waals surface area contributed by atoms with Crippen molar-refractivity contribution in [1.82, 2.24) is 0 Å². The first-order valence-electron chi connectivity index (χ1n) is 7.06. The molecule has 2 heterocycles. The third-order valence-corrected chi connectivity index (χ3v) is 4.53. The van der Waals surface area contributed by atoms with Crippen LogP contribution in [0.3, 0.4) is 0 Å². The van der Waals surface area contributed by atoms with E-state index in [0.717, 1.165) is 47.9 Å². The lowest BCUT2D eigenvalue weighted by Gasteiger charge is -2.26. The number of benzene rings is 1. The zero-order valence-corrected chi connectivity index (χ0v) is 14.5. The van der Waals surface area contributed by atoms with Crippen LogP contribution in [0.4, 0.5) is 11.6 Å². The van der Waals surface area contributed by atoms with Gasteiger partial charge in [0.2, 0.25) is 5.88 Å². The zero-order valence-electron chi connectivity index (χ0n) is 12.2. The second-order valence-corrected chi connectivity index (χ2v) is 6.30. The first-order valence-corrected chi connectivity index (χ1v) is 8.23. The summed E-state index contributed by atoms with van der Waals surface area (Å²) < 4.78 is 12.2. The number of morpholine rings is 1. The van der Waals surface area contributed by atoms with E-state index in [9.17, 15) is 0 Å². The zero-order chi connectivity index (χ0) is 15.5. The molecule has 0 N–H and O–H groups in total. The molecule has 3 rings (SSSR count). The summed E-state index contributed by atoms with van der Waals surface area (Å²) in [4.78, 5) is 6.63. The monoisotopic (exact) mass is 382 g/mol.